The highest BCUT2D eigenvalue weighted by atomic mass is 16.2. The fourth-order valence-corrected chi connectivity index (χ4v) is 2.53. The van der Waals surface area contributed by atoms with Gasteiger partial charge in [-0.25, -0.2) is 4.98 Å². The van der Waals surface area contributed by atoms with E-state index in [0.29, 0.717) is 29.9 Å². The summed E-state index contributed by atoms with van der Waals surface area (Å²) in [5.74, 6) is 0.141. The lowest BCUT2D eigenvalue weighted by Crippen LogP contribution is -2.38. The number of hydrogen-bond acceptors (Lipinski definition) is 4. The van der Waals surface area contributed by atoms with Gasteiger partial charge >= 0.3 is 0 Å². The largest absolute Gasteiger partial charge is 0.384 e. The number of nitrogens with zero attached hydrogens (tertiary/aromatic N) is 1. The maximum absolute atomic E-state index is 12.3. The molecule has 0 bridgehead atoms. The van der Waals surface area contributed by atoms with Gasteiger partial charge in [-0.15, -0.1) is 0 Å². The van der Waals surface area contributed by atoms with Crippen molar-refractivity contribution in [3.8, 4) is 0 Å². The lowest BCUT2D eigenvalue weighted by molar-refractivity contribution is -0.119. The molecule has 2 aromatic rings. The predicted octanol–water partition coefficient (Wildman–Crippen LogP) is 0.825. The zero-order valence-corrected chi connectivity index (χ0v) is 11.4. The molecule has 0 spiro atoms. The number of nitrogen functional groups attached to an aromatic ring is 1. The molecular weight excluding hydrogens is 268 g/mol. The van der Waals surface area contributed by atoms with Crippen LogP contribution >= 0.6 is 0 Å². The Kier molecular flexibility index (Phi) is 3.43. The molecule has 6 heteroatoms. The minimum atomic E-state index is -0.207. The van der Waals surface area contributed by atoms with E-state index in [4.69, 9.17) is 5.73 Å². The van der Waals surface area contributed by atoms with Crippen LogP contribution in [0, 0.1) is 0 Å². The molecule has 2 amide bonds. The maximum atomic E-state index is 12.3. The highest BCUT2D eigenvalue weighted by Crippen LogP contribution is 2.19. The van der Waals surface area contributed by atoms with Gasteiger partial charge in [-0.1, -0.05) is 18.2 Å². The van der Waals surface area contributed by atoms with E-state index >= 15 is 0 Å². The van der Waals surface area contributed by atoms with Gasteiger partial charge in [-0.3, -0.25) is 9.59 Å². The first kappa shape index (κ1) is 13.4. The van der Waals surface area contributed by atoms with Gasteiger partial charge in [0, 0.05) is 24.4 Å². The van der Waals surface area contributed by atoms with E-state index in [1.54, 1.807) is 6.07 Å². The van der Waals surface area contributed by atoms with E-state index in [2.05, 4.69) is 15.6 Å². The smallest absolute Gasteiger partial charge is 0.252 e. The summed E-state index contributed by atoms with van der Waals surface area (Å²) in [6.07, 6.45) is 1.27. The Morgan fingerprint density at radius 3 is 3.00 bits per heavy atom. The van der Waals surface area contributed by atoms with Gasteiger partial charge in [0.2, 0.25) is 5.91 Å². The molecule has 1 aromatic carbocycles. The molecule has 1 aromatic heterocycles. The molecule has 2 heterocycles. The van der Waals surface area contributed by atoms with E-state index in [0.717, 1.165) is 11.8 Å². The Balaban J connectivity index is 1.79. The first-order valence-corrected chi connectivity index (χ1v) is 6.86. The number of fused-ring (bicyclic) bond motifs is 1. The SMILES string of the molecule is Nc1cc(C(=O)NCC2CCC(=O)N2)c2ccccc2n1. The molecular formula is C15H16N4O2. The fraction of sp³-hybridized carbons (Fsp3) is 0.267. The summed E-state index contributed by atoms with van der Waals surface area (Å²) in [7, 11) is 0. The van der Waals surface area contributed by atoms with E-state index in [-0.39, 0.29) is 17.9 Å². The number of carbonyl (C=O) groups is 2. The summed E-state index contributed by atoms with van der Waals surface area (Å²) in [5, 5.41) is 6.43. The Morgan fingerprint density at radius 2 is 2.24 bits per heavy atom. The highest BCUT2D eigenvalue weighted by molar-refractivity contribution is 6.06. The third-order valence-corrected chi connectivity index (χ3v) is 3.57. The summed E-state index contributed by atoms with van der Waals surface area (Å²) in [6.45, 7) is 0.418. The van der Waals surface area contributed by atoms with Crippen molar-refractivity contribution >= 4 is 28.5 Å². The van der Waals surface area contributed by atoms with Crippen molar-refractivity contribution in [2.75, 3.05) is 12.3 Å². The van der Waals surface area contributed by atoms with E-state index in [9.17, 15) is 9.59 Å². The molecule has 21 heavy (non-hydrogen) atoms. The van der Waals surface area contributed by atoms with E-state index in [1.807, 2.05) is 24.3 Å². The summed E-state index contributed by atoms with van der Waals surface area (Å²) in [4.78, 5) is 27.7. The first-order chi connectivity index (χ1) is 10.1. The molecule has 1 atom stereocenters. The molecule has 3 rings (SSSR count). The molecule has 0 aliphatic carbocycles. The molecule has 4 N–H and O–H groups in total. The second kappa shape index (κ2) is 5.40. The van der Waals surface area contributed by atoms with Crippen LogP contribution in [-0.2, 0) is 4.79 Å². The predicted molar refractivity (Wildman–Crippen MR) is 79.7 cm³/mol. The third-order valence-electron chi connectivity index (χ3n) is 3.57. The zero-order valence-electron chi connectivity index (χ0n) is 11.4. The van der Waals surface area contributed by atoms with Crippen molar-refractivity contribution in [2.45, 2.75) is 18.9 Å². The van der Waals surface area contributed by atoms with Crippen LogP contribution in [0.15, 0.2) is 30.3 Å². The molecule has 108 valence electrons. The van der Waals surface area contributed by atoms with Crippen molar-refractivity contribution in [1.82, 2.24) is 15.6 Å². The van der Waals surface area contributed by atoms with Gasteiger partial charge in [0.25, 0.3) is 5.91 Å². The zero-order chi connectivity index (χ0) is 14.8. The second-order valence-electron chi connectivity index (χ2n) is 5.12. The monoisotopic (exact) mass is 284 g/mol. The molecule has 0 radical (unpaired) electrons. The minimum absolute atomic E-state index is 0.00639. The quantitative estimate of drug-likeness (QED) is 0.777. The topological polar surface area (TPSA) is 97.1 Å². The van der Waals surface area contributed by atoms with Crippen molar-refractivity contribution in [2.24, 2.45) is 0 Å². The lowest BCUT2D eigenvalue weighted by atomic mass is 10.1. The number of aromatic nitrogens is 1. The summed E-state index contributed by atoms with van der Waals surface area (Å²) < 4.78 is 0. The van der Waals surface area contributed by atoms with Crippen LogP contribution in [0.3, 0.4) is 0 Å². The molecule has 1 fully saturated rings. The first-order valence-electron chi connectivity index (χ1n) is 6.86. The number of hydrogen-bond donors (Lipinski definition) is 3. The van der Waals surface area contributed by atoms with Gasteiger partial charge in [0.05, 0.1) is 11.1 Å². The van der Waals surface area contributed by atoms with E-state index in [1.165, 1.54) is 0 Å². The molecule has 0 saturated carbocycles. The van der Waals surface area contributed by atoms with E-state index < -0.39 is 0 Å². The Morgan fingerprint density at radius 1 is 1.43 bits per heavy atom. The molecule has 1 saturated heterocycles. The second-order valence-corrected chi connectivity index (χ2v) is 5.12. The van der Waals surface area contributed by atoms with Crippen molar-refractivity contribution in [1.29, 1.82) is 0 Å². The van der Waals surface area contributed by atoms with Crippen LogP contribution < -0.4 is 16.4 Å². The van der Waals surface area contributed by atoms with Crippen molar-refractivity contribution < 1.29 is 9.59 Å². The normalized spacial score (nSPS) is 17.7. The average molecular weight is 284 g/mol. The number of nitrogens with two attached hydrogens (primary N) is 1. The average Bonchev–Trinajstić information content (AvgIpc) is 2.89. The van der Waals surface area contributed by atoms with Crippen LogP contribution in [0.5, 0.6) is 0 Å². The molecule has 1 aliphatic heterocycles. The Labute approximate surface area is 121 Å². The summed E-state index contributed by atoms with van der Waals surface area (Å²) in [6, 6.07) is 8.95. The molecule has 1 unspecified atom stereocenters. The van der Waals surface area contributed by atoms with Gasteiger partial charge in [0.1, 0.15) is 5.82 Å². The minimum Gasteiger partial charge on any atom is -0.384 e. The number of amides is 2. The summed E-state index contributed by atoms with van der Waals surface area (Å²) >= 11 is 0. The van der Waals surface area contributed by atoms with Gasteiger partial charge < -0.3 is 16.4 Å². The number of para-hydroxylation sites is 1. The fourth-order valence-electron chi connectivity index (χ4n) is 2.53. The number of pyridine rings is 1. The maximum Gasteiger partial charge on any atom is 0.252 e. The van der Waals surface area contributed by atoms with Gasteiger partial charge in [-0.2, -0.15) is 0 Å². The number of anilines is 1. The Hall–Kier alpha value is -2.63. The van der Waals surface area contributed by atoms with Gasteiger partial charge in [-0.05, 0) is 18.6 Å². The van der Waals surface area contributed by atoms with Crippen LogP contribution in [0.4, 0.5) is 5.82 Å². The van der Waals surface area contributed by atoms with Crippen LogP contribution in [0.2, 0.25) is 0 Å². The van der Waals surface area contributed by atoms with Crippen LogP contribution in [0.1, 0.15) is 23.2 Å². The number of carbonyl (C=O) groups excluding carboxylic acids is 2. The van der Waals surface area contributed by atoms with Crippen LogP contribution in [0.25, 0.3) is 10.9 Å². The third kappa shape index (κ3) is 2.79. The number of rotatable bonds is 3. The Bertz CT molecular complexity index is 714. The number of nitrogens with one attached hydrogen (secondary N) is 2. The standard InChI is InChI=1S/C15H16N4O2/c16-13-7-11(10-3-1-2-4-12(10)19-13)15(21)17-8-9-5-6-14(20)18-9/h1-4,7,9H,5-6,8H2,(H2,16,19)(H,17,21)(H,18,20). The summed E-state index contributed by atoms with van der Waals surface area (Å²) in [5.41, 5.74) is 6.94. The number of benzene rings is 1. The van der Waals surface area contributed by atoms with Crippen LogP contribution in [-0.4, -0.2) is 29.4 Å². The van der Waals surface area contributed by atoms with Gasteiger partial charge in [0.15, 0.2) is 0 Å². The van der Waals surface area contributed by atoms with Crippen molar-refractivity contribution in [3.05, 3.63) is 35.9 Å². The highest BCUT2D eigenvalue weighted by Gasteiger charge is 2.21. The lowest BCUT2D eigenvalue weighted by Gasteiger charge is -2.12. The molecule has 6 nitrogen and oxygen atoms in total. The molecule has 1 aliphatic rings. The van der Waals surface area contributed by atoms with Crippen molar-refractivity contribution in [3.63, 3.8) is 0 Å².